The molecule has 0 saturated carbocycles. The molecule has 0 aromatic heterocycles. The van der Waals surface area contributed by atoms with Crippen molar-refractivity contribution in [3.05, 3.63) is 70.9 Å². The van der Waals surface area contributed by atoms with Crippen LogP contribution in [0.15, 0.2) is 54.7 Å². The second kappa shape index (κ2) is 6.24. The van der Waals surface area contributed by atoms with E-state index < -0.39 is 0 Å². The van der Waals surface area contributed by atoms with Crippen molar-refractivity contribution in [1.82, 2.24) is 4.90 Å². The number of fused-ring (bicyclic) bond motifs is 1. The van der Waals surface area contributed by atoms with E-state index in [1.807, 2.05) is 36.5 Å². The Bertz CT molecular complexity index is 725. The van der Waals surface area contributed by atoms with E-state index >= 15 is 0 Å². The highest BCUT2D eigenvalue weighted by molar-refractivity contribution is 6.34. The number of anilines is 1. The molecule has 1 amide bonds. The molecule has 112 valence electrons. The van der Waals surface area contributed by atoms with Crippen molar-refractivity contribution in [3.8, 4) is 0 Å². The summed E-state index contributed by atoms with van der Waals surface area (Å²) in [5, 5.41) is 3.49. The molecule has 0 spiro atoms. The first kappa shape index (κ1) is 14.7. The standard InChI is InChI=1S/C18H17ClN2O/c1-2-21(11-13-6-4-3-5-7-13)12-16-15-9-8-14(19)10-17(15)20-18(16)22/h3-10,12H,2,11H2,1H3,(H,20,22)/b16-12+. The number of hydrogen-bond acceptors (Lipinski definition) is 2. The molecule has 0 bridgehead atoms. The topological polar surface area (TPSA) is 32.3 Å². The van der Waals surface area contributed by atoms with E-state index in [1.54, 1.807) is 6.07 Å². The number of nitrogens with zero attached hydrogens (tertiary/aromatic N) is 1. The Morgan fingerprint density at radius 3 is 2.68 bits per heavy atom. The van der Waals surface area contributed by atoms with Gasteiger partial charge < -0.3 is 10.2 Å². The Balaban J connectivity index is 1.88. The van der Waals surface area contributed by atoms with Crippen LogP contribution in [0.1, 0.15) is 18.1 Å². The highest BCUT2D eigenvalue weighted by atomic mass is 35.5. The van der Waals surface area contributed by atoms with Crippen LogP contribution in [0.4, 0.5) is 5.69 Å². The van der Waals surface area contributed by atoms with Crippen molar-refractivity contribution in [2.45, 2.75) is 13.5 Å². The van der Waals surface area contributed by atoms with Gasteiger partial charge in [-0.15, -0.1) is 0 Å². The molecule has 0 unspecified atom stereocenters. The molecule has 0 aliphatic carbocycles. The summed E-state index contributed by atoms with van der Waals surface area (Å²) in [6.07, 6.45) is 1.93. The van der Waals surface area contributed by atoms with Gasteiger partial charge in [-0.1, -0.05) is 48.0 Å². The maximum Gasteiger partial charge on any atom is 0.257 e. The van der Waals surface area contributed by atoms with Gasteiger partial charge in [0.1, 0.15) is 0 Å². The lowest BCUT2D eigenvalue weighted by Gasteiger charge is -2.19. The predicted octanol–water partition coefficient (Wildman–Crippen LogP) is 4.16. The fourth-order valence-electron chi connectivity index (χ4n) is 2.54. The van der Waals surface area contributed by atoms with Crippen LogP contribution in [0.5, 0.6) is 0 Å². The third-order valence-electron chi connectivity index (χ3n) is 3.71. The van der Waals surface area contributed by atoms with Gasteiger partial charge in [-0.25, -0.2) is 0 Å². The molecule has 3 rings (SSSR count). The van der Waals surface area contributed by atoms with E-state index in [4.69, 9.17) is 11.6 Å². The van der Waals surface area contributed by atoms with Gasteiger partial charge in [0.25, 0.3) is 5.91 Å². The number of amides is 1. The summed E-state index contributed by atoms with van der Waals surface area (Å²) >= 11 is 5.98. The molecule has 1 aliphatic rings. The molecule has 2 aromatic rings. The lowest BCUT2D eigenvalue weighted by molar-refractivity contribution is -0.110. The quantitative estimate of drug-likeness (QED) is 0.860. The molecular formula is C18H17ClN2O. The summed E-state index contributed by atoms with van der Waals surface area (Å²) in [7, 11) is 0. The normalized spacial score (nSPS) is 14.8. The highest BCUT2D eigenvalue weighted by Crippen LogP contribution is 2.34. The Morgan fingerprint density at radius 1 is 1.18 bits per heavy atom. The minimum absolute atomic E-state index is 0.0798. The Labute approximate surface area is 135 Å². The molecule has 0 fully saturated rings. The Kier molecular flexibility index (Phi) is 4.16. The average Bonchev–Trinajstić information content (AvgIpc) is 2.82. The highest BCUT2D eigenvalue weighted by Gasteiger charge is 2.24. The molecule has 0 saturated heterocycles. The van der Waals surface area contributed by atoms with E-state index in [-0.39, 0.29) is 5.91 Å². The smallest absolute Gasteiger partial charge is 0.257 e. The van der Waals surface area contributed by atoms with E-state index in [0.717, 1.165) is 24.3 Å². The number of carbonyl (C=O) groups is 1. The van der Waals surface area contributed by atoms with Gasteiger partial charge in [-0.05, 0) is 24.6 Å². The van der Waals surface area contributed by atoms with Gasteiger partial charge in [0.15, 0.2) is 0 Å². The minimum atomic E-state index is -0.0798. The maximum absolute atomic E-state index is 12.2. The van der Waals surface area contributed by atoms with Crippen LogP contribution in [-0.4, -0.2) is 17.4 Å². The SMILES string of the molecule is CCN(/C=C1/C(=O)Nc2cc(Cl)ccc21)Cc1ccccc1. The molecule has 1 N–H and O–H groups in total. The Hall–Kier alpha value is -2.26. The molecule has 2 aromatic carbocycles. The number of hydrogen-bond donors (Lipinski definition) is 1. The van der Waals surface area contributed by atoms with Crippen LogP contribution < -0.4 is 5.32 Å². The monoisotopic (exact) mass is 312 g/mol. The van der Waals surface area contributed by atoms with Crippen LogP contribution in [-0.2, 0) is 11.3 Å². The van der Waals surface area contributed by atoms with Crippen molar-refractivity contribution in [3.63, 3.8) is 0 Å². The minimum Gasteiger partial charge on any atom is -0.373 e. The number of rotatable bonds is 4. The third kappa shape index (κ3) is 3.00. The number of nitrogens with one attached hydrogen (secondary N) is 1. The van der Waals surface area contributed by atoms with E-state index in [9.17, 15) is 4.79 Å². The van der Waals surface area contributed by atoms with Crippen molar-refractivity contribution >= 4 is 28.8 Å². The van der Waals surface area contributed by atoms with Gasteiger partial charge in [-0.2, -0.15) is 0 Å². The van der Waals surface area contributed by atoms with Crippen molar-refractivity contribution in [1.29, 1.82) is 0 Å². The van der Waals surface area contributed by atoms with Gasteiger partial charge in [0.05, 0.1) is 11.3 Å². The zero-order valence-electron chi connectivity index (χ0n) is 12.3. The first-order chi connectivity index (χ1) is 10.7. The number of carbonyl (C=O) groups excluding carboxylic acids is 1. The van der Waals surface area contributed by atoms with E-state index in [2.05, 4.69) is 29.3 Å². The first-order valence-corrected chi connectivity index (χ1v) is 7.66. The summed E-state index contributed by atoms with van der Waals surface area (Å²) < 4.78 is 0. The van der Waals surface area contributed by atoms with Crippen LogP contribution in [0.3, 0.4) is 0 Å². The van der Waals surface area contributed by atoms with Crippen LogP contribution in [0.25, 0.3) is 5.57 Å². The molecule has 3 nitrogen and oxygen atoms in total. The lowest BCUT2D eigenvalue weighted by Crippen LogP contribution is -2.18. The average molecular weight is 313 g/mol. The predicted molar refractivity (Wildman–Crippen MR) is 90.6 cm³/mol. The van der Waals surface area contributed by atoms with Crippen LogP contribution >= 0.6 is 11.6 Å². The molecular weight excluding hydrogens is 296 g/mol. The van der Waals surface area contributed by atoms with Crippen molar-refractivity contribution in [2.75, 3.05) is 11.9 Å². The summed E-state index contributed by atoms with van der Waals surface area (Å²) in [5.74, 6) is -0.0798. The molecule has 0 atom stereocenters. The summed E-state index contributed by atoms with van der Waals surface area (Å²) in [6, 6.07) is 15.7. The zero-order valence-corrected chi connectivity index (χ0v) is 13.1. The molecule has 1 aliphatic heterocycles. The molecule has 4 heteroatoms. The summed E-state index contributed by atoms with van der Waals surface area (Å²) in [4.78, 5) is 14.3. The zero-order chi connectivity index (χ0) is 15.5. The van der Waals surface area contributed by atoms with Crippen molar-refractivity contribution < 1.29 is 4.79 Å². The molecule has 0 radical (unpaired) electrons. The van der Waals surface area contributed by atoms with E-state index in [1.165, 1.54) is 5.56 Å². The fraction of sp³-hybridized carbons (Fsp3) is 0.167. The van der Waals surface area contributed by atoms with Gasteiger partial charge in [0.2, 0.25) is 0 Å². The van der Waals surface area contributed by atoms with E-state index in [0.29, 0.717) is 10.6 Å². The van der Waals surface area contributed by atoms with Crippen molar-refractivity contribution in [2.24, 2.45) is 0 Å². The van der Waals surface area contributed by atoms with Crippen LogP contribution in [0, 0.1) is 0 Å². The Morgan fingerprint density at radius 2 is 1.95 bits per heavy atom. The molecule has 22 heavy (non-hydrogen) atoms. The first-order valence-electron chi connectivity index (χ1n) is 7.28. The van der Waals surface area contributed by atoms with Crippen LogP contribution in [0.2, 0.25) is 5.02 Å². The second-order valence-electron chi connectivity index (χ2n) is 5.24. The fourth-order valence-corrected chi connectivity index (χ4v) is 2.72. The third-order valence-corrected chi connectivity index (χ3v) is 3.95. The maximum atomic E-state index is 12.2. The molecule has 1 heterocycles. The summed E-state index contributed by atoms with van der Waals surface area (Å²) in [6.45, 7) is 3.68. The van der Waals surface area contributed by atoms with Gasteiger partial charge >= 0.3 is 0 Å². The largest absolute Gasteiger partial charge is 0.373 e. The second-order valence-corrected chi connectivity index (χ2v) is 5.67. The van der Waals surface area contributed by atoms with Gasteiger partial charge in [-0.3, -0.25) is 4.79 Å². The number of benzene rings is 2. The number of halogens is 1. The van der Waals surface area contributed by atoms with Gasteiger partial charge in [0, 0.05) is 29.9 Å². The lowest BCUT2D eigenvalue weighted by atomic mass is 10.1. The summed E-state index contributed by atoms with van der Waals surface area (Å²) in [5.41, 5.74) is 3.58.